The molecule has 0 amide bonds. The number of hydrogen-bond acceptors (Lipinski definition) is 7. The molecule has 1 unspecified atom stereocenters. The molecule has 9 heteroatoms. The van der Waals surface area contributed by atoms with Crippen LogP contribution in [0.15, 0.2) is 41.6 Å². The number of rotatable bonds is 2. The molecule has 0 radical (unpaired) electrons. The molecule has 0 fully saturated rings. The van der Waals surface area contributed by atoms with E-state index in [1.807, 2.05) is 39.0 Å². The molecular weight excluding hydrogens is 382 g/mol. The van der Waals surface area contributed by atoms with E-state index < -0.39 is 11.6 Å². The van der Waals surface area contributed by atoms with Crippen LogP contribution >= 0.6 is 0 Å². The molecule has 30 heavy (non-hydrogen) atoms. The zero-order valence-corrected chi connectivity index (χ0v) is 17.1. The molecule has 2 N–H and O–H groups in total. The summed E-state index contributed by atoms with van der Waals surface area (Å²) < 4.78 is 1.40. The second-order valence-corrected chi connectivity index (χ2v) is 8.11. The summed E-state index contributed by atoms with van der Waals surface area (Å²) in [7, 11) is 1.63. The maximum atomic E-state index is 11.9. The molecule has 0 aliphatic carbocycles. The number of aryl methyl sites for hydroxylation is 2. The molecule has 1 atom stereocenters. The first-order valence-electron chi connectivity index (χ1n) is 9.60. The van der Waals surface area contributed by atoms with Gasteiger partial charge in [0.1, 0.15) is 12.1 Å². The van der Waals surface area contributed by atoms with Gasteiger partial charge in [0.15, 0.2) is 17.1 Å². The number of aliphatic hydroxyl groups excluding tert-OH is 1. The molecule has 3 aromatic heterocycles. The van der Waals surface area contributed by atoms with E-state index in [1.54, 1.807) is 30.5 Å². The summed E-state index contributed by atoms with van der Waals surface area (Å²) in [5.74, 6) is 1.17. The highest BCUT2D eigenvalue weighted by molar-refractivity contribution is 5.79. The standard InChI is InChI=1S/C21H21N7O2/c1-11-22-8-13(9-23-11)12-5-6-14-15(7-12)28(19(29)21(14,2)3)16-10-24-18-17(25-16)26-20(30)27(18)4/h5-10,19,29H,1-4H3,(H,25,26,30). The maximum Gasteiger partial charge on any atom is 0.328 e. The predicted molar refractivity (Wildman–Crippen MR) is 113 cm³/mol. The predicted octanol–water partition coefficient (Wildman–Crippen LogP) is 2.17. The molecule has 4 aromatic rings. The smallest absolute Gasteiger partial charge is 0.328 e. The quantitative estimate of drug-likeness (QED) is 0.527. The molecule has 4 heterocycles. The van der Waals surface area contributed by atoms with Crippen LogP contribution in [0.25, 0.3) is 22.4 Å². The van der Waals surface area contributed by atoms with Crippen molar-refractivity contribution in [2.24, 2.45) is 7.05 Å². The summed E-state index contributed by atoms with van der Waals surface area (Å²) in [6, 6.07) is 6.03. The highest BCUT2D eigenvalue weighted by Gasteiger charge is 2.45. The van der Waals surface area contributed by atoms with Crippen LogP contribution in [0.3, 0.4) is 0 Å². The number of hydrogen-bond donors (Lipinski definition) is 2. The van der Waals surface area contributed by atoms with E-state index in [2.05, 4.69) is 24.9 Å². The number of aromatic nitrogens is 6. The van der Waals surface area contributed by atoms with Gasteiger partial charge in [-0.15, -0.1) is 0 Å². The van der Waals surface area contributed by atoms with Crippen LogP contribution in [0.2, 0.25) is 0 Å². The number of benzene rings is 1. The van der Waals surface area contributed by atoms with Crippen molar-refractivity contribution in [3.8, 4) is 11.1 Å². The number of fused-ring (bicyclic) bond motifs is 2. The van der Waals surface area contributed by atoms with Crippen LogP contribution in [0.4, 0.5) is 11.5 Å². The molecule has 1 aliphatic rings. The van der Waals surface area contributed by atoms with E-state index in [-0.39, 0.29) is 5.69 Å². The Hall–Kier alpha value is -3.59. The van der Waals surface area contributed by atoms with Crippen molar-refractivity contribution in [1.82, 2.24) is 29.5 Å². The van der Waals surface area contributed by atoms with Gasteiger partial charge in [-0.2, -0.15) is 0 Å². The van der Waals surface area contributed by atoms with Crippen molar-refractivity contribution < 1.29 is 5.11 Å². The van der Waals surface area contributed by atoms with Crippen LogP contribution in [0, 0.1) is 6.92 Å². The number of H-pyrrole nitrogens is 1. The third-order valence-electron chi connectivity index (χ3n) is 5.79. The highest BCUT2D eigenvalue weighted by atomic mass is 16.3. The van der Waals surface area contributed by atoms with Crippen LogP contribution in [0.1, 0.15) is 25.2 Å². The molecule has 9 nitrogen and oxygen atoms in total. The van der Waals surface area contributed by atoms with Gasteiger partial charge in [0.2, 0.25) is 0 Å². The van der Waals surface area contributed by atoms with Crippen LogP contribution in [-0.4, -0.2) is 40.8 Å². The monoisotopic (exact) mass is 403 g/mol. The largest absolute Gasteiger partial charge is 0.372 e. The summed E-state index contributed by atoms with van der Waals surface area (Å²) in [5.41, 5.74) is 3.67. The number of aromatic amines is 1. The lowest BCUT2D eigenvalue weighted by molar-refractivity contribution is 0.118. The molecule has 1 aliphatic heterocycles. The SMILES string of the molecule is Cc1ncc(-c2ccc3c(c2)N(c2cnc4c(n2)[nH]c(=O)n4C)C(O)C3(C)C)cn1. The molecule has 0 bridgehead atoms. The van der Waals surface area contributed by atoms with Crippen LogP contribution in [-0.2, 0) is 12.5 Å². The van der Waals surface area contributed by atoms with Gasteiger partial charge in [-0.25, -0.2) is 24.7 Å². The normalized spacial score (nSPS) is 17.5. The van der Waals surface area contributed by atoms with E-state index >= 15 is 0 Å². The molecule has 1 aromatic carbocycles. The maximum absolute atomic E-state index is 11.9. The zero-order chi connectivity index (χ0) is 21.2. The van der Waals surface area contributed by atoms with Crippen LogP contribution < -0.4 is 10.6 Å². The number of nitrogens with zero attached hydrogens (tertiary/aromatic N) is 6. The van der Waals surface area contributed by atoms with Gasteiger partial charge in [0.05, 0.1) is 6.20 Å². The summed E-state index contributed by atoms with van der Waals surface area (Å²) in [4.78, 5) is 33.9. The Morgan fingerprint density at radius 2 is 1.83 bits per heavy atom. The average Bonchev–Trinajstić information content (AvgIpc) is 3.12. The van der Waals surface area contributed by atoms with Crippen molar-refractivity contribution in [1.29, 1.82) is 0 Å². The van der Waals surface area contributed by atoms with E-state index in [0.29, 0.717) is 22.9 Å². The minimum atomic E-state index is -0.848. The van der Waals surface area contributed by atoms with E-state index in [9.17, 15) is 9.90 Å². The van der Waals surface area contributed by atoms with Gasteiger partial charge in [0, 0.05) is 36.1 Å². The average molecular weight is 403 g/mol. The summed E-state index contributed by atoms with van der Waals surface area (Å²) in [5, 5.41) is 11.2. The second-order valence-electron chi connectivity index (χ2n) is 8.11. The van der Waals surface area contributed by atoms with Gasteiger partial charge >= 0.3 is 5.69 Å². The first kappa shape index (κ1) is 18.4. The van der Waals surface area contributed by atoms with Crippen molar-refractivity contribution >= 4 is 22.8 Å². The van der Waals surface area contributed by atoms with Crippen molar-refractivity contribution in [2.75, 3.05) is 4.90 Å². The molecule has 0 saturated carbocycles. The third kappa shape index (κ3) is 2.55. The molecular formula is C21H21N7O2. The lowest BCUT2D eigenvalue weighted by Crippen LogP contribution is -2.39. The van der Waals surface area contributed by atoms with Crippen LogP contribution in [0.5, 0.6) is 0 Å². The Bertz CT molecular complexity index is 1340. The third-order valence-corrected chi connectivity index (χ3v) is 5.79. The molecule has 5 rings (SSSR count). The number of imidazole rings is 1. The first-order chi connectivity index (χ1) is 14.3. The summed E-state index contributed by atoms with van der Waals surface area (Å²) in [6.45, 7) is 5.82. The summed E-state index contributed by atoms with van der Waals surface area (Å²) >= 11 is 0. The van der Waals surface area contributed by atoms with Crippen molar-refractivity contribution in [3.63, 3.8) is 0 Å². The lowest BCUT2D eigenvalue weighted by Gasteiger charge is -2.28. The van der Waals surface area contributed by atoms with Gasteiger partial charge in [-0.3, -0.25) is 14.5 Å². The summed E-state index contributed by atoms with van der Waals surface area (Å²) in [6.07, 6.45) is 4.29. The molecule has 0 saturated heterocycles. The minimum absolute atomic E-state index is 0.286. The minimum Gasteiger partial charge on any atom is -0.372 e. The Balaban J connectivity index is 1.68. The Morgan fingerprint density at radius 1 is 1.10 bits per heavy atom. The Morgan fingerprint density at radius 3 is 2.57 bits per heavy atom. The lowest BCUT2D eigenvalue weighted by atomic mass is 9.85. The fourth-order valence-electron chi connectivity index (χ4n) is 3.94. The van der Waals surface area contributed by atoms with Crippen molar-refractivity contribution in [2.45, 2.75) is 32.4 Å². The van der Waals surface area contributed by atoms with Gasteiger partial charge in [-0.05, 0) is 24.1 Å². The first-order valence-corrected chi connectivity index (χ1v) is 9.60. The van der Waals surface area contributed by atoms with Gasteiger partial charge < -0.3 is 5.11 Å². The molecule has 0 spiro atoms. The number of anilines is 2. The van der Waals surface area contributed by atoms with Crippen molar-refractivity contribution in [3.05, 3.63) is 58.7 Å². The number of nitrogens with one attached hydrogen (secondary N) is 1. The zero-order valence-electron chi connectivity index (χ0n) is 17.1. The number of aliphatic hydroxyl groups is 1. The Labute approximate surface area is 172 Å². The van der Waals surface area contributed by atoms with Gasteiger partial charge in [0.25, 0.3) is 0 Å². The van der Waals surface area contributed by atoms with E-state index in [0.717, 1.165) is 22.4 Å². The van der Waals surface area contributed by atoms with E-state index in [4.69, 9.17) is 0 Å². The fraction of sp³-hybridized carbons (Fsp3) is 0.286. The molecule has 152 valence electrons. The highest BCUT2D eigenvalue weighted by Crippen LogP contribution is 2.48. The Kier molecular flexibility index (Phi) is 3.81. The second kappa shape index (κ2) is 6.20. The van der Waals surface area contributed by atoms with Gasteiger partial charge in [-0.1, -0.05) is 26.0 Å². The fourth-order valence-corrected chi connectivity index (χ4v) is 3.94. The topological polar surface area (TPSA) is 113 Å². The van der Waals surface area contributed by atoms with E-state index in [1.165, 1.54) is 4.57 Å².